The van der Waals surface area contributed by atoms with Crippen LogP contribution in [0.3, 0.4) is 0 Å². The summed E-state index contributed by atoms with van der Waals surface area (Å²) in [5, 5.41) is 21.8. The van der Waals surface area contributed by atoms with E-state index in [9.17, 15) is 4.79 Å². The molecular formula is C20H16N6OS. The number of hydrogen-bond donors (Lipinski definition) is 1. The van der Waals surface area contributed by atoms with Crippen molar-refractivity contribution in [1.29, 1.82) is 5.26 Å². The predicted octanol–water partition coefficient (Wildman–Crippen LogP) is 3.60. The molecule has 0 bridgehead atoms. The van der Waals surface area contributed by atoms with Gasteiger partial charge in [-0.1, -0.05) is 42.1 Å². The smallest absolute Gasteiger partial charge is 0.234 e. The molecule has 0 aliphatic carbocycles. The Hall–Kier alpha value is -3.44. The Labute approximate surface area is 165 Å². The number of hydrogen-bond acceptors (Lipinski definition) is 6. The Kier molecular flexibility index (Phi) is 4.91. The van der Waals surface area contributed by atoms with Gasteiger partial charge in [-0.15, -0.1) is 10.2 Å². The van der Waals surface area contributed by atoms with Crippen LogP contribution >= 0.6 is 11.8 Å². The van der Waals surface area contributed by atoms with Crippen molar-refractivity contribution in [3.63, 3.8) is 0 Å². The molecule has 0 spiro atoms. The van der Waals surface area contributed by atoms with Gasteiger partial charge in [-0.2, -0.15) is 5.26 Å². The maximum absolute atomic E-state index is 12.3. The van der Waals surface area contributed by atoms with Gasteiger partial charge in [0.25, 0.3) is 0 Å². The van der Waals surface area contributed by atoms with Crippen LogP contribution in [0.2, 0.25) is 0 Å². The highest BCUT2D eigenvalue weighted by Gasteiger charge is 2.14. The third-order valence-electron chi connectivity index (χ3n) is 4.32. The SMILES string of the molecule is CCn1c2ccccc2c2nnc(SCC(=O)Nc3ccccc3C#N)nc21. The Morgan fingerprint density at radius 3 is 2.79 bits per heavy atom. The summed E-state index contributed by atoms with van der Waals surface area (Å²) in [6.07, 6.45) is 0. The molecule has 0 atom stereocenters. The van der Waals surface area contributed by atoms with Gasteiger partial charge in [0.2, 0.25) is 11.1 Å². The van der Waals surface area contributed by atoms with E-state index in [1.165, 1.54) is 11.8 Å². The molecule has 28 heavy (non-hydrogen) atoms. The summed E-state index contributed by atoms with van der Waals surface area (Å²) in [7, 11) is 0. The maximum Gasteiger partial charge on any atom is 0.234 e. The number of amides is 1. The van der Waals surface area contributed by atoms with E-state index >= 15 is 0 Å². The van der Waals surface area contributed by atoms with Crippen LogP contribution in [0.15, 0.2) is 53.7 Å². The van der Waals surface area contributed by atoms with Crippen molar-refractivity contribution in [2.75, 3.05) is 11.1 Å². The van der Waals surface area contributed by atoms with Crippen LogP contribution in [-0.2, 0) is 11.3 Å². The van der Waals surface area contributed by atoms with Crippen molar-refractivity contribution >= 4 is 45.4 Å². The molecule has 0 aliphatic heterocycles. The summed E-state index contributed by atoms with van der Waals surface area (Å²) in [5.41, 5.74) is 3.50. The summed E-state index contributed by atoms with van der Waals surface area (Å²) in [4.78, 5) is 16.9. The van der Waals surface area contributed by atoms with Crippen LogP contribution in [-0.4, -0.2) is 31.4 Å². The number of nitrogens with zero attached hydrogens (tertiary/aromatic N) is 5. The first-order chi connectivity index (χ1) is 13.7. The molecule has 2 aromatic heterocycles. The fourth-order valence-corrected chi connectivity index (χ4v) is 3.66. The van der Waals surface area contributed by atoms with Crippen LogP contribution in [0, 0.1) is 11.3 Å². The van der Waals surface area contributed by atoms with Crippen molar-refractivity contribution in [2.45, 2.75) is 18.6 Å². The number of anilines is 1. The number of nitrogens with one attached hydrogen (secondary N) is 1. The quantitative estimate of drug-likeness (QED) is 0.525. The minimum Gasteiger partial charge on any atom is -0.324 e. The Morgan fingerprint density at radius 1 is 1.18 bits per heavy atom. The molecule has 0 saturated carbocycles. The van der Waals surface area contributed by atoms with E-state index in [0.717, 1.165) is 28.6 Å². The largest absolute Gasteiger partial charge is 0.324 e. The van der Waals surface area contributed by atoms with Gasteiger partial charge in [-0.3, -0.25) is 4.79 Å². The van der Waals surface area contributed by atoms with Gasteiger partial charge in [-0.05, 0) is 25.1 Å². The van der Waals surface area contributed by atoms with Gasteiger partial charge in [-0.25, -0.2) is 4.98 Å². The lowest BCUT2D eigenvalue weighted by Crippen LogP contribution is -2.15. The van der Waals surface area contributed by atoms with Gasteiger partial charge in [0.05, 0.1) is 22.5 Å². The van der Waals surface area contributed by atoms with Gasteiger partial charge in [0, 0.05) is 11.9 Å². The number of thioether (sulfide) groups is 1. The zero-order valence-electron chi connectivity index (χ0n) is 15.1. The van der Waals surface area contributed by atoms with Crippen molar-refractivity contribution in [1.82, 2.24) is 19.7 Å². The Balaban J connectivity index is 1.54. The van der Waals surface area contributed by atoms with Gasteiger partial charge in [0.1, 0.15) is 11.6 Å². The van der Waals surface area contributed by atoms with E-state index in [0.29, 0.717) is 16.4 Å². The molecule has 0 aliphatic rings. The predicted molar refractivity (Wildman–Crippen MR) is 109 cm³/mol. The topological polar surface area (TPSA) is 96.5 Å². The van der Waals surface area contributed by atoms with E-state index in [-0.39, 0.29) is 11.7 Å². The molecule has 2 heterocycles. The second-order valence-electron chi connectivity index (χ2n) is 6.02. The summed E-state index contributed by atoms with van der Waals surface area (Å²) in [6, 6.07) is 16.9. The van der Waals surface area contributed by atoms with E-state index in [2.05, 4.69) is 38.1 Å². The molecule has 1 amide bonds. The summed E-state index contributed by atoms with van der Waals surface area (Å²) in [6.45, 7) is 2.82. The van der Waals surface area contributed by atoms with Crippen molar-refractivity contribution < 1.29 is 4.79 Å². The molecule has 2 aromatic carbocycles. The average Bonchev–Trinajstić information content (AvgIpc) is 3.05. The molecule has 0 fully saturated rings. The second kappa shape index (κ2) is 7.66. The number of carbonyl (C=O) groups is 1. The number of aromatic nitrogens is 4. The first kappa shape index (κ1) is 17.9. The normalized spacial score (nSPS) is 10.9. The number of benzene rings is 2. The number of fused-ring (bicyclic) bond motifs is 3. The third kappa shape index (κ3) is 3.28. The monoisotopic (exact) mass is 388 g/mol. The molecular weight excluding hydrogens is 372 g/mol. The number of rotatable bonds is 5. The van der Waals surface area contributed by atoms with E-state index in [1.54, 1.807) is 24.3 Å². The average molecular weight is 388 g/mol. The Morgan fingerprint density at radius 2 is 1.96 bits per heavy atom. The zero-order valence-corrected chi connectivity index (χ0v) is 15.9. The summed E-state index contributed by atoms with van der Waals surface area (Å²) < 4.78 is 2.09. The first-order valence-corrected chi connectivity index (χ1v) is 9.73. The van der Waals surface area contributed by atoms with Crippen LogP contribution in [0.25, 0.3) is 22.1 Å². The van der Waals surface area contributed by atoms with Gasteiger partial charge in [0.15, 0.2) is 5.65 Å². The molecule has 1 N–H and O–H groups in total. The van der Waals surface area contributed by atoms with Crippen LogP contribution in [0.5, 0.6) is 0 Å². The fourth-order valence-electron chi connectivity index (χ4n) is 3.08. The van der Waals surface area contributed by atoms with E-state index in [4.69, 9.17) is 5.26 Å². The lowest BCUT2D eigenvalue weighted by atomic mass is 10.2. The number of aryl methyl sites for hydroxylation is 1. The minimum atomic E-state index is -0.229. The molecule has 7 nitrogen and oxygen atoms in total. The lowest BCUT2D eigenvalue weighted by Gasteiger charge is -2.06. The number of para-hydroxylation sites is 2. The van der Waals surface area contributed by atoms with Crippen LogP contribution in [0.1, 0.15) is 12.5 Å². The molecule has 4 rings (SSSR count). The molecule has 0 unspecified atom stereocenters. The lowest BCUT2D eigenvalue weighted by molar-refractivity contribution is -0.113. The molecule has 0 saturated heterocycles. The van der Waals surface area contributed by atoms with Crippen molar-refractivity contribution in [3.8, 4) is 6.07 Å². The van der Waals surface area contributed by atoms with Gasteiger partial charge < -0.3 is 9.88 Å². The summed E-state index contributed by atoms with van der Waals surface area (Å²) in [5.74, 6) is -0.105. The maximum atomic E-state index is 12.3. The highest BCUT2D eigenvalue weighted by Crippen LogP contribution is 2.27. The number of carbonyl (C=O) groups excluding carboxylic acids is 1. The molecule has 8 heteroatoms. The standard InChI is InChI=1S/C20H16N6OS/c1-2-26-16-10-6-4-8-14(16)18-19(26)23-20(25-24-18)28-12-17(27)22-15-9-5-3-7-13(15)11-21/h3-10H,2,12H2,1H3,(H,22,27). The second-order valence-corrected chi connectivity index (χ2v) is 6.96. The fraction of sp³-hybridized carbons (Fsp3) is 0.150. The molecule has 0 radical (unpaired) electrons. The van der Waals surface area contributed by atoms with Gasteiger partial charge >= 0.3 is 0 Å². The highest BCUT2D eigenvalue weighted by atomic mass is 32.2. The van der Waals surface area contributed by atoms with E-state index in [1.807, 2.05) is 24.3 Å². The minimum absolute atomic E-state index is 0.124. The summed E-state index contributed by atoms with van der Waals surface area (Å²) >= 11 is 1.21. The Bertz CT molecular complexity index is 1230. The number of nitriles is 1. The molecule has 4 aromatic rings. The van der Waals surface area contributed by atoms with E-state index < -0.39 is 0 Å². The van der Waals surface area contributed by atoms with Crippen molar-refractivity contribution in [2.24, 2.45) is 0 Å². The highest BCUT2D eigenvalue weighted by molar-refractivity contribution is 7.99. The molecule has 138 valence electrons. The first-order valence-electron chi connectivity index (χ1n) is 8.74. The zero-order chi connectivity index (χ0) is 19.5. The van der Waals surface area contributed by atoms with Crippen molar-refractivity contribution in [3.05, 3.63) is 54.1 Å². The third-order valence-corrected chi connectivity index (χ3v) is 5.16. The van der Waals surface area contributed by atoms with Crippen LogP contribution < -0.4 is 5.32 Å². The van der Waals surface area contributed by atoms with Crippen LogP contribution in [0.4, 0.5) is 5.69 Å².